The largest absolute Gasteiger partial charge is 0.310 e. The normalized spacial score (nSPS) is 10.9. The molecule has 32 heavy (non-hydrogen) atoms. The van der Waals surface area contributed by atoms with E-state index in [4.69, 9.17) is 4.98 Å². The van der Waals surface area contributed by atoms with Crippen molar-refractivity contribution < 1.29 is 4.79 Å². The summed E-state index contributed by atoms with van der Waals surface area (Å²) < 4.78 is 2.57. The molecule has 5 rings (SSSR count). The molecule has 0 unspecified atom stereocenters. The average Bonchev–Trinajstić information content (AvgIpc) is 3.26. The maximum Gasteiger partial charge on any atom is 0.229 e. The molecule has 7 heteroatoms. The lowest BCUT2D eigenvalue weighted by atomic mass is 10.1. The van der Waals surface area contributed by atoms with Gasteiger partial charge >= 0.3 is 0 Å². The molecule has 0 bridgehead atoms. The molecule has 0 atom stereocenters. The minimum Gasteiger partial charge on any atom is -0.310 e. The number of carbonyl (C=O) groups is 1. The molecule has 1 amide bonds. The second-order valence-corrected chi connectivity index (χ2v) is 8.11. The number of rotatable bonds is 5. The molecule has 6 nitrogen and oxygen atoms in total. The quantitative estimate of drug-likeness (QED) is 0.363. The Labute approximate surface area is 193 Å². The van der Waals surface area contributed by atoms with Crippen LogP contribution in [0.15, 0.2) is 95.7 Å². The summed E-state index contributed by atoms with van der Waals surface area (Å²) in [6.07, 6.45) is 3.72. The third kappa shape index (κ3) is 4.15. The first-order valence-corrected chi connectivity index (χ1v) is 10.9. The van der Waals surface area contributed by atoms with Crippen LogP contribution >= 0.6 is 15.9 Å². The Morgan fingerprint density at radius 1 is 0.875 bits per heavy atom. The summed E-state index contributed by atoms with van der Waals surface area (Å²) in [4.78, 5) is 21.7. The van der Waals surface area contributed by atoms with Gasteiger partial charge < -0.3 is 5.32 Å². The average molecular weight is 484 g/mol. The molecule has 0 radical (unpaired) electrons. The van der Waals surface area contributed by atoms with E-state index in [9.17, 15) is 4.79 Å². The molecule has 0 saturated carbocycles. The van der Waals surface area contributed by atoms with Gasteiger partial charge in [-0.25, -0.2) is 4.98 Å². The molecule has 1 N–H and O–H groups in total. The number of pyridine rings is 2. The van der Waals surface area contributed by atoms with Gasteiger partial charge in [0, 0.05) is 22.4 Å². The summed E-state index contributed by atoms with van der Waals surface area (Å²) in [6, 6.07) is 25.2. The third-order valence-corrected chi connectivity index (χ3v) is 5.83. The van der Waals surface area contributed by atoms with Gasteiger partial charge in [-0.2, -0.15) is 4.52 Å². The number of halogens is 1. The predicted molar refractivity (Wildman–Crippen MR) is 128 cm³/mol. The summed E-state index contributed by atoms with van der Waals surface area (Å²) in [7, 11) is 0. The Morgan fingerprint density at radius 3 is 2.41 bits per heavy atom. The lowest BCUT2D eigenvalue weighted by Gasteiger charge is -2.10. The summed E-state index contributed by atoms with van der Waals surface area (Å²) in [5.41, 5.74) is 4.37. The second kappa shape index (κ2) is 8.72. The maximum absolute atomic E-state index is 12.9. The molecule has 5 aromatic rings. The van der Waals surface area contributed by atoms with Crippen LogP contribution in [0.5, 0.6) is 0 Å². The molecular formula is C25H18BrN5O. The standard InChI is InChI=1S/C25H18BrN5O/c26-21-9-5-4-8-19(21)16-24(32)28-22-14-20(17-10-12-27-13-11-17)15-23-29-25(30-31(22)23)18-6-2-1-3-7-18/h1-15H,16H2,(H,28,32). The van der Waals surface area contributed by atoms with Crippen molar-refractivity contribution >= 4 is 33.3 Å². The van der Waals surface area contributed by atoms with E-state index in [-0.39, 0.29) is 12.3 Å². The SMILES string of the molecule is O=C(Cc1ccccc1Br)Nc1cc(-c2ccncc2)cc2nc(-c3ccccc3)nn12. The molecule has 0 aliphatic heterocycles. The van der Waals surface area contributed by atoms with Crippen molar-refractivity contribution in [2.45, 2.75) is 6.42 Å². The summed E-state index contributed by atoms with van der Waals surface area (Å²) in [5.74, 6) is 1.02. The van der Waals surface area contributed by atoms with Gasteiger partial charge in [-0.3, -0.25) is 9.78 Å². The van der Waals surface area contributed by atoms with Gasteiger partial charge in [0.15, 0.2) is 11.5 Å². The highest BCUT2D eigenvalue weighted by Gasteiger charge is 2.15. The van der Waals surface area contributed by atoms with Crippen LogP contribution in [-0.2, 0) is 11.2 Å². The molecule has 0 spiro atoms. The lowest BCUT2D eigenvalue weighted by molar-refractivity contribution is -0.115. The number of hydrogen-bond donors (Lipinski definition) is 1. The summed E-state index contributed by atoms with van der Waals surface area (Å²) in [5, 5.41) is 7.69. The molecule has 0 fully saturated rings. The van der Waals surface area contributed by atoms with Crippen molar-refractivity contribution in [2.75, 3.05) is 5.32 Å². The third-order valence-electron chi connectivity index (χ3n) is 5.06. The smallest absolute Gasteiger partial charge is 0.229 e. The van der Waals surface area contributed by atoms with Crippen molar-refractivity contribution in [1.29, 1.82) is 0 Å². The Bertz CT molecular complexity index is 1400. The predicted octanol–water partition coefficient (Wildman–Crippen LogP) is 5.40. The number of fused-ring (bicyclic) bond motifs is 1. The monoisotopic (exact) mass is 483 g/mol. The molecular weight excluding hydrogens is 466 g/mol. The first-order chi connectivity index (χ1) is 15.7. The van der Waals surface area contributed by atoms with Crippen molar-refractivity contribution in [3.05, 3.63) is 101 Å². The summed E-state index contributed by atoms with van der Waals surface area (Å²) >= 11 is 3.51. The van der Waals surface area contributed by atoms with Gasteiger partial charge in [0.05, 0.1) is 6.42 Å². The topological polar surface area (TPSA) is 72.2 Å². The minimum atomic E-state index is -0.137. The second-order valence-electron chi connectivity index (χ2n) is 7.25. The van der Waals surface area contributed by atoms with Crippen LogP contribution in [0, 0.1) is 0 Å². The molecule has 156 valence electrons. The van der Waals surface area contributed by atoms with Gasteiger partial charge in [-0.05, 0) is 47.0 Å². The van der Waals surface area contributed by atoms with Crippen LogP contribution in [-0.4, -0.2) is 25.5 Å². The minimum absolute atomic E-state index is 0.137. The van der Waals surface area contributed by atoms with Crippen molar-refractivity contribution in [1.82, 2.24) is 19.6 Å². The lowest BCUT2D eigenvalue weighted by Crippen LogP contribution is -2.17. The fourth-order valence-corrected chi connectivity index (χ4v) is 3.92. The highest BCUT2D eigenvalue weighted by molar-refractivity contribution is 9.10. The van der Waals surface area contributed by atoms with Gasteiger partial charge in [0.2, 0.25) is 5.91 Å². The van der Waals surface area contributed by atoms with Gasteiger partial charge in [-0.15, -0.1) is 5.10 Å². The van der Waals surface area contributed by atoms with E-state index in [2.05, 4.69) is 31.3 Å². The van der Waals surface area contributed by atoms with E-state index >= 15 is 0 Å². The Balaban J connectivity index is 1.56. The van der Waals surface area contributed by atoms with Crippen molar-refractivity contribution in [3.63, 3.8) is 0 Å². The number of amides is 1. The number of aromatic nitrogens is 4. The zero-order valence-corrected chi connectivity index (χ0v) is 18.5. The van der Waals surface area contributed by atoms with E-state index in [1.807, 2.05) is 78.9 Å². The molecule has 0 aliphatic rings. The molecule has 3 heterocycles. The van der Waals surface area contributed by atoms with Crippen LogP contribution in [0.3, 0.4) is 0 Å². The first kappa shape index (κ1) is 20.1. The number of nitrogens with zero attached hydrogens (tertiary/aromatic N) is 4. The van der Waals surface area contributed by atoms with Gasteiger partial charge in [-0.1, -0.05) is 64.5 Å². The highest BCUT2D eigenvalue weighted by atomic mass is 79.9. The van der Waals surface area contributed by atoms with E-state index < -0.39 is 0 Å². The zero-order chi connectivity index (χ0) is 21.9. The Kier molecular flexibility index (Phi) is 5.47. The Hall–Kier alpha value is -3.84. The first-order valence-electron chi connectivity index (χ1n) is 10.1. The van der Waals surface area contributed by atoms with Gasteiger partial charge in [0.25, 0.3) is 0 Å². The number of hydrogen-bond acceptors (Lipinski definition) is 4. The fourth-order valence-electron chi connectivity index (χ4n) is 3.50. The maximum atomic E-state index is 12.9. The van der Waals surface area contributed by atoms with E-state index in [1.54, 1.807) is 16.9 Å². The molecule has 2 aromatic carbocycles. The zero-order valence-electron chi connectivity index (χ0n) is 16.9. The number of nitrogens with one attached hydrogen (secondary N) is 1. The number of benzene rings is 2. The van der Waals surface area contributed by atoms with E-state index in [1.165, 1.54) is 0 Å². The number of carbonyl (C=O) groups excluding carboxylic acids is 1. The van der Waals surface area contributed by atoms with Gasteiger partial charge in [0.1, 0.15) is 5.82 Å². The summed E-state index contributed by atoms with van der Waals surface area (Å²) in [6.45, 7) is 0. The Morgan fingerprint density at radius 2 is 1.62 bits per heavy atom. The molecule has 3 aromatic heterocycles. The van der Waals surface area contributed by atoms with Crippen LogP contribution in [0.25, 0.3) is 28.2 Å². The van der Waals surface area contributed by atoms with Crippen LogP contribution in [0.1, 0.15) is 5.56 Å². The van der Waals surface area contributed by atoms with E-state index in [0.717, 1.165) is 26.7 Å². The van der Waals surface area contributed by atoms with Crippen molar-refractivity contribution in [2.24, 2.45) is 0 Å². The van der Waals surface area contributed by atoms with Crippen LogP contribution in [0.4, 0.5) is 5.82 Å². The molecule has 0 aliphatic carbocycles. The fraction of sp³-hybridized carbons (Fsp3) is 0.0400. The van der Waals surface area contributed by atoms with E-state index in [0.29, 0.717) is 17.3 Å². The molecule has 0 saturated heterocycles. The number of anilines is 1. The van der Waals surface area contributed by atoms with Crippen LogP contribution in [0.2, 0.25) is 0 Å². The van der Waals surface area contributed by atoms with Crippen molar-refractivity contribution in [3.8, 4) is 22.5 Å². The highest BCUT2D eigenvalue weighted by Crippen LogP contribution is 2.26. The van der Waals surface area contributed by atoms with Crippen LogP contribution < -0.4 is 5.32 Å².